The molecule has 4 aliphatic rings. The number of benzene rings is 1. The highest BCUT2D eigenvalue weighted by Gasteiger charge is 2.53. The molecular weight excluding hydrogens is 935 g/mol. The van der Waals surface area contributed by atoms with E-state index in [-0.39, 0.29) is 55.1 Å². The Morgan fingerprint density at radius 2 is 1.55 bits per heavy atom. The molecule has 15 heteroatoms. The largest absolute Gasteiger partial charge is 0.497 e. The van der Waals surface area contributed by atoms with Gasteiger partial charge in [-0.15, -0.1) is 0 Å². The minimum absolute atomic E-state index is 0.0229. The number of nitrogens with zero attached hydrogens (tertiary/aromatic N) is 1. The van der Waals surface area contributed by atoms with Crippen LogP contribution in [-0.4, -0.2) is 144 Å². The van der Waals surface area contributed by atoms with Gasteiger partial charge in [-0.05, 0) is 120 Å². The zero-order valence-electron chi connectivity index (χ0n) is 45.5. The zero-order chi connectivity index (χ0) is 53.7. The number of aliphatic hydroxyl groups excluding tert-OH is 4. The summed E-state index contributed by atoms with van der Waals surface area (Å²) in [5, 5.41) is 58.0. The molecule has 1 aromatic carbocycles. The number of fused-ring (bicyclic) bond motifs is 3. The summed E-state index contributed by atoms with van der Waals surface area (Å²) >= 11 is 0. The van der Waals surface area contributed by atoms with E-state index in [0.29, 0.717) is 74.9 Å². The number of ketones is 1. The van der Waals surface area contributed by atoms with E-state index in [1.54, 1.807) is 41.3 Å². The third-order valence-corrected chi connectivity index (χ3v) is 16.5. The monoisotopic (exact) mass is 1020 g/mol. The number of allylic oxidation sites excluding steroid dienone is 6. The number of amides is 1. The van der Waals surface area contributed by atoms with Crippen molar-refractivity contribution in [3.8, 4) is 11.5 Å². The predicted molar refractivity (Wildman–Crippen MR) is 279 cm³/mol. The molecule has 1 aliphatic carbocycles. The van der Waals surface area contributed by atoms with Gasteiger partial charge in [0, 0.05) is 56.6 Å². The number of carbonyl (C=O) groups excluding carboxylic acids is 3. The van der Waals surface area contributed by atoms with Crippen LogP contribution in [0, 0.1) is 35.5 Å². The van der Waals surface area contributed by atoms with Crippen LogP contribution < -0.4 is 9.47 Å². The number of hydrogen-bond donors (Lipinski definition) is 5. The molecule has 2 saturated heterocycles. The molecule has 0 spiro atoms. The van der Waals surface area contributed by atoms with Crippen molar-refractivity contribution < 1.29 is 68.3 Å². The summed E-state index contributed by atoms with van der Waals surface area (Å²) in [5.74, 6) is -6.05. The number of rotatable bonds is 8. The number of Topliss-reactive ketones (excluding diaryl/α,β-unsaturated/α-hetero) is 1. The van der Waals surface area contributed by atoms with E-state index in [1.807, 2.05) is 70.2 Å². The first-order valence-corrected chi connectivity index (χ1v) is 26.8. The first kappa shape index (κ1) is 59.9. The second kappa shape index (κ2) is 27.7. The van der Waals surface area contributed by atoms with Crippen molar-refractivity contribution in [2.24, 2.45) is 35.5 Å². The van der Waals surface area contributed by atoms with Crippen LogP contribution in [0.25, 0.3) is 0 Å². The Morgan fingerprint density at radius 3 is 2.23 bits per heavy atom. The zero-order valence-corrected chi connectivity index (χ0v) is 45.5. The maximum absolute atomic E-state index is 14.6. The topological polar surface area (TPSA) is 211 Å². The number of methoxy groups -OCH3 is 4. The summed E-state index contributed by atoms with van der Waals surface area (Å²) in [5.41, 5.74) is 2.29. The van der Waals surface area contributed by atoms with E-state index >= 15 is 0 Å². The highest BCUT2D eigenvalue weighted by atomic mass is 16.6. The fourth-order valence-electron chi connectivity index (χ4n) is 11.7. The van der Waals surface area contributed by atoms with Crippen LogP contribution in [0.4, 0.5) is 0 Å². The Morgan fingerprint density at radius 1 is 0.808 bits per heavy atom. The van der Waals surface area contributed by atoms with E-state index in [2.05, 4.69) is 13.0 Å². The smallest absolute Gasteiger partial charge is 0.329 e. The first-order valence-electron chi connectivity index (χ1n) is 26.8. The van der Waals surface area contributed by atoms with Gasteiger partial charge in [-0.1, -0.05) is 82.7 Å². The Hall–Kier alpha value is -3.93. The van der Waals surface area contributed by atoms with E-state index < -0.39 is 84.1 Å². The third-order valence-electron chi connectivity index (χ3n) is 16.5. The van der Waals surface area contributed by atoms with Crippen LogP contribution in [0.15, 0.2) is 65.8 Å². The Balaban J connectivity index is 1.53. The number of cyclic esters (lactones) is 1. The number of hydrogen-bond acceptors (Lipinski definition) is 14. The van der Waals surface area contributed by atoms with E-state index in [0.717, 1.165) is 17.6 Å². The van der Waals surface area contributed by atoms with Gasteiger partial charge < -0.3 is 58.9 Å². The van der Waals surface area contributed by atoms with Crippen LogP contribution in [0.2, 0.25) is 0 Å². The molecule has 5 rings (SSSR count). The van der Waals surface area contributed by atoms with Crippen molar-refractivity contribution in [3.63, 3.8) is 0 Å². The van der Waals surface area contributed by atoms with Gasteiger partial charge in [-0.3, -0.25) is 9.59 Å². The van der Waals surface area contributed by atoms with Gasteiger partial charge in [0.15, 0.2) is 0 Å². The van der Waals surface area contributed by atoms with E-state index in [1.165, 1.54) is 12.0 Å². The maximum Gasteiger partial charge on any atom is 0.329 e. The van der Waals surface area contributed by atoms with Gasteiger partial charge in [0.25, 0.3) is 11.7 Å². The van der Waals surface area contributed by atoms with Gasteiger partial charge in [0.1, 0.15) is 35.9 Å². The van der Waals surface area contributed by atoms with Gasteiger partial charge in [0.2, 0.25) is 5.79 Å². The van der Waals surface area contributed by atoms with Crippen LogP contribution in [0.3, 0.4) is 0 Å². The molecule has 0 aromatic heterocycles. The molecule has 2 unspecified atom stereocenters. The molecule has 1 saturated carbocycles. The van der Waals surface area contributed by atoms with Gasteiger partial charge in [-0.2, -0.15) is 0 Å². The van der Waals surface area contributed by atoms with E-state index in [4.69, 9.17) is 28.4 Å². The predicted octanol–water partition coefficient (Wildman–Crippen LogP) is 7.55. The molecule has 0 radical (unpaired) electrons. The van der Waals surface area contributed by atoms with Gasteiger partial charge in [-0.25, -0.2) is 4.79 Å². The lowest BCUT2D eigenvalue weighted by molar-refractivity contribution is -0.264. The Bertz CT molecular complexity index is 2090. The van der Waals surface area contributed by atoms with Gasteiger partial charge in [0.05, 0.1) is 44.7 Å². The molecule has 3 fully saturated rings. The fourth-order valence-corrected chi connectivity index (χ4v) is 11.7. The lowest BCUT2D eigenvalue weighted by atomic mass is 9.78. The van der Waals surface area contributed by atoms with Gasteiger partial charge >= 0.3 is 5.97 Å². The molecule has 5 N–H and O–H groups in total. The standard InChI is InChI=1S/C58H89NO14/c1-34-17-13-12-14-18-35(2)45(44-24-23-42(68-8)32-50(44)69-9)31-43-22-20-40(7)58(67,73-43)55(64)56(65)59-26-16-15-19-46(59)57(66)72-49(37(4)29-41-21-25-47(60)51(30-41)70-10)33-48(61)36(3)28-39(6)53(63)54(71-11)52(62)38(5)27-34/h12-14,17-18,23-24,28,32,34,36-38,40-41,43,45-49,51-54,60-63,67H,15-16,19-22,25-27,29-31,33H2,1-11H3/b14-12+,17-13+,35-18+,39-28+/t34-,36-,37-,38-,40-,41?,43+,45+,46?,47-,48+,49+,51-,52+,53-,54+,58-/m1/s1. The van der Waals surface area contributed by atoms with Crippen LogP contribution in [0.1, 0.15) is 137 Å². The summed E-state index contributed by atoms with van der Waals surface area (Å²) in [6, 6.07) is 4.46. The molecule has 410 valence electrons. The summed E-state index contributed by atoms with van der Waals surface area (Å²) in [4.78, 5) is 44.9. The number of aliphatic hydroxyl groups is 5. The van der Waals surface area contributed by atoms with Crippen molar-refractivity contribution in [3.05, 3.63) is 71.4 Å². The minimum atomic E-state index is -2.47. The second-order valence-corrected chi connectivity index (χ2v) is 21.9. The highest BCUT2D eigenvalue weighted by molar-refractivity contribution is 6.39. The molecule has 3 heterocycles. The Labute approximate surface area is 435 Å². The SMILES string of the molecule is COc1ccc([C@H]2C[C@@H]3CC[C@@H](C)[C@@](O)(O3)C(=O)C(=O)N3CCCCC3C(=O)O[C@H]([C@H](C)CC3CC[C@@H](O)[C@H](OC)C3)C[C@H](O)[C@H](C)/C=C(\C)[C@@H](O)[C@@H](OC)[C@@H](O)[C@H](C)C[C@H](C)/C=C/C=C/C=C/2C)c(OC)c1. The lowest BCUT2D eigenvalue weighted by Crippen LogP contribution is -2.60. The summed E-state index contributed by atoms with van der Waals surface area (Å²) in [7, 11) is 6.21. The number of ether oxygens (including phenoxy) is 6. The molecule has 15 nitrogen and oxygen atoms in total. The molecule has 1 amide bonds. The van der Waals surface area contributed by atoms with Crippen molar-refractivity contribution in [2.75, 3.05) is 35.0 Å². The van der Waals surface area contributed by atoms with Crippen molar-refractivity contribution in [2.45, 2.75) is 192 Å². The molecule has 2 bridgehead atoms. The average molecular weight is 1020 g/mol. The van der Waals surface area contributed by atoms with Crippen LogP contribution in [0.5, 0.6) is 11.5 Å². The molecule has 73 heavy (non-hydrogen) atoms. The number of esters is 1. The molecule has 3 aliphatic heterocycles. The first-order chi connectivity index (χ1) is 34.7. The summed E-state index contributed by atoms with van der Waals surface area (Å²) in [6.45, 7) is 13.3. The highest BCUT2D eigenvalue weighted by Crippen LogP contribution is 2.43. The maximum atomic E-state index is 14.6. The second-order valence-electron chi connectivity index (χ2n) is 21.9. The normalized spacial score (nSPS) is 39.2. The molecular formula is C58H89NO14. The van der Waals surface area contributed by atoms with Crippen molar-refractivity contribution >= 4 is 17.7 Å². The fraction of sp³-hybridized carbons (Fsp3) is 0.707. The molecule has 1 aromatic rings. The number of piperidine rings is 1. The number of carbonyl (C=O) groups is 3. The average Bonchev–Trinajstić information content (AvgIpc) is 3.38. The molecule has 17 atom stereocenters. The van der Waals surface area contributed by atoms with E-state index in [9.17, 15) is 39.9 Å². The van der Waals surface area contributed by atoms with Crippen molar-refractivity contribution in [1.82, 2.24) is 4.90 Å². The Kier molecular flexibility index (Phi) is 22.8. The quantitative estimate of drug-likeness (QED) is 0.0968. The summed E-state index contributed by atoms with van der Waals surface area (Å²) in [6.07, 6.45) is 10.8. The lowest BCUT2D eigenvalue weighted by Gasteiger charge is -2.43. The van der Waals surface area contributed by atoms with Crippen LogP contribution in [-0.2, 0) is 33.3 Å². The third kappa shape index (κ3) is 15.4. The van der Waals surface area contributed by atoms with Crippen LogP contribution >= 0.6 is 0 Å². The summed E-state index contributed by atoms with van der Waals surface area (Å²) < 4.78 is 35.5. The van der Waals surface area contributed by atoms with Crippen molar-refractivity contribution in [1.29, 1.82) is 0 Å². The minimum Gasteiger partial charge on any atom is -0.497 e.